The maximum Gasteiger partial charge on any atom is 0.246 e. The lowest BCUT2D eigenvalue weighted by molar-refractivity contribution is -0.125. The average molecular weight is 442 g/mol. The van der Waals surface area contributed by atoms with Gasteiger partial charge in [-0.25, -0.2) is 4.39 Å². The van der Waals surface area contributed by atoms with Crippen molar-refractivity contribution in [1.29, 1.82) is 0 Å². The van der Waals surface area contributed by atoms with Gasteiger partial charge in [-0.15, -0.1) is 0 Å². The molecule has 1 amide bonds. The quantitative estimate of drug-likeness (QED) is 0.404. The van der Waals surface area contributed by atoms with Crippen molar-refractivity contribution in [1.82, 2.24) is 19.7 Å². The van der Waals surface area contributed by atoms with Gasteiger partial charge in [0.15, 0.2) is 0 Å². The normalized spacial score (nSPS) is 15.7. The molecule has 2 aromatic carbocycles. The average Bonchev–Trinajstić information content (AvgIpc) is 3.49. The number of ether oxygens (including phenoxy) is 1. The van der Waals surface area contributed by atoms with Crippen LogP contribution in [0.1, 0.15) is 18.0 Å². The molecule has 2 aromatic heterocycles. The summed E-state index contributed by atoms with van der Waals surface area (Å²) >= 11 is 0. The van der Waals surface area contributed by atoms with E-state index in [1.165, 1.54) is 12.1 Å². The van der Waals surface area contributed by atoms with E-state index in [4.69, 9.17) is 9.84 Å². The Morgan fingerprint density at radius 3 is 2.79 bits per heavy atom. The number of carbonyl (C=O) groups excluding carboxylic acids is 1. The number of carbonyl (C=O) groups is 1. The highest BCUT2D eigenvalue weighted by Crippen LogP contribution is 2.33. The zero-order valence-electron chi connectivity index (χ0n) is 18.0. The molecule has 3 heterocycles. The molecule has 166 valence electrons. The number of hydrogen-bond acceptors (Lipinski definition) is 4. The lowest BCUT2D eigenvalue weighted by Crippen LogP contribution is -2.27. The Bertz CT molecular complexity index is 1320. The van der Waals surface area contributed by atoms with Crippen LogP contribution in [-0.4, -0.2) is 38.7 Å². The van der Waals surface area contributed by atoms with Crippen LogP contribution in [0.25, 0.3) is 22.2 Å². The highest BCUT2D eigenvalue weighted by atomic mass is 19.1. The molecule has 0 radical (unpaired) electrons. The van der Waals surface area contributed by atoms with Crippen LogP contribution in [0.15, 0.2) is 79.6 Å². The van der Waals surface area contributed by atoms with Crippen LogP contribution in [0, 0.1) is 5.82 Å². The first-order valence-electron chi connectivity index (χ1n) is 10.8. The molecule has 1 aliphatic rings. The molecule has 6 nitrogen and oxygen atoms in total. The van der Waals surface area contributed by atoms with Crippen LogP contribution in [0.2, 0.25) is 0 Å². The van der Waals surface area contributed by atoms with Gasteiger partial charge < -0.3 is 9.64 Å². The summed E-state index contributed by atoms with van der Waals surface area (Å²) in [5, 5.41) is 5.87. The maximum atomic E-state index is 13.8. The van der Waals surface area contributed by atoms with Gasteiger partial charge in [0.2, 0.25) is 5.91 Å². The summed E-state index contributed by atoms with van der Waals surface area (Å²) in [6.45, 7) is 5.04. The Hall–Kier alpha value is -4.00. The third-order valence-electron chi connectivity index (χ3n) is 5.98. The fraction of sp³-hybridized carbons (Fsp3) is 0.192. The number of aromatic nitrogens is 3. The highest BCUT2D eigenvalue weighted by molar-refractivity contribution is 5.93. The van der Waals surface area contributed by atoms with Crippen LogP contribution in [0.4, 0.5) is 4.39 Å². The Balaban J connectivity index is 1.39. The second-order valence-electron chi connectivity index (χ2n) is 8.02. The monoisotopic (exact) mass is 442 g/mol. The topological polar surface area (TPSA) is 60.2 Å². The molecular weight excluding hydrogens is 419 g/mol. The smallest absolute Gasteiger partial charge is 0.246 e. The van der Waals surface area contributed by atoms with E-state index in [9.17, 15) is 9.18 Å². The fourth-order valence-corrected chi connectivity index (χ4v) is 4.23. The largest absolute Gasteiger partial charge is 0.489 e. The molecule has 1 atom stereocenters. The molecule has 0 saturated carbocycles. The van der Waals surface area contributed by atoms with Gasteiger partial charge in [-0.3, -0.25) is 14.5 Å². The van der Waals surface area contributed by atoms with E-state index in [1.807, 2.05) is 41.2 Å². The Morgan fingerprint density at radius 1 is 1.18 bits per heavy atom. The van der Waals surface area contributed by atoms with Crippen molar-refractivity contribution in [3.63, 3.8) is 0 Å². The van der Waals surface area contributed by atoms with E-state index in [1.54, 1.807) is 29.3 Å². The molecular formula is C26H23FN4O2. The number of nitrogens with zero attached hydrogens (tertiary/aromatic N) is 4. The van der Waals surface area contributed by atoms with Gasteiger partial charge in [-0.2, -0.15) is 5.10 Å². The van der Waals surface area contributed by atoms with Crippen molar-refractivity contribution in [3.8, 4) is 17.0 Å². The first kappa shape index (κ1) is 20.9. The van der Waals surface area contributed by atoms with E-state index >= 15 is 0 Å². The van der Waals surface area contributed by atoms with Gasteiger partial charge in [0, 0.05) is 42.0 Å². The molecule has 1 aliphatic heterocycles. The van der Waals surface area contributed by atoms with Crippen LogP contribution >= 0.6 is 0 Å². The number of halogens is 1. The van der Waals surface area contributed by atoms with Crippen molar-refractivity contribution < 1.29 is 13.9 Å². The molecule has 0 bridgehead atoms. The maximum absolute atomic E-state index is 13.8. The summed E-state index contributed by atoms with van der Waals surface area (Å²) in [6, 6.07) is 16.2. The van der Waals surface area contributed by atoms with Gasteiger partial charge >= 0.3 is 0 Å². The van der Waals surface area contributed by atoms with Crippen LogP contribution in [0.3, 0.4) is 0 Å². The molecule has 4 aromatic rings. The van der Waals surface area contributed by atoms with Crippen molar-refractivity contribution >= 4 is 16.8 Å². The zero-order valence-corrected chi connectivity index (χ0v) is 18.0. The summed E-state index contributed by atoms with van der Waals surface area (Å²) in [4.78, 5) is 18.1. The van der Waals surface area contributed by atoms with Crippen molar-refractivity contribution in [2.45, 2.75) is 19.1 Å². The second kappa shape index (κ2) is 8.86. The minimum Gasteiger partial charge on any atom is -0.489 e. The van der Waals surface area contributed by atoms with Crippen LogP contribution in [-0.2, 0) is 11.4 Å². The third-order valence-corrected chi connectivity index (χ3v) is 5.98. The molecule has 1 saturated heterocycles. The minimum absolute atomic E-state index is 0.0539. The standard InChI is InChI=1S/C26H23FN4O2/c1-2-25(32)30-14-12-20(16-30)31-24-11-13-28-15-22(24)26(29-31)18-7-9-21(10-8-18)33-17-19-5-3-4-6-23(19)27/h2-11,13,15,20H,1,12,14,16-17H2. The van der Waals surface area contributed by atoms with Gasteiger partial charge in [0.1, 0.15) is 23.9 Å². The number of benzene rings is 2. The van der Waals surface area contributed by atoms with E-state index in [0.29, 0.717) is 24.4 Å². The number of likely N-dealkylation sites (tertiary alicyclic amines) is 1. The zero-order chi connectivity index (χ0) is 22.8. The lowest BCUT2D eigenvalue weighted by atomic mass is 10.1. The molecule has 7 heteroatoms. The molecule has 0 spiro atoms. The Labute approximate surface area is 190 Å². The first-order chi connectivity index (χ1) is 16.1. The van der Waals surface area contributed by atoms with Crippen molar-refractivity contribution in [2.75, 3.05) is 13.1 Å². The van der Waals surface area contributed by atoms with Crippen molar-refractivity contribution in [3.05, 3.63) is 91.0 Å². The summed E-state index contributed by atoms with van der Waals surface area (Å²) < 4.78 is 21.6. The molecule has 1 unspecified atom stereocenters. The summed E-state index contributed by atoms with van der Waals surface area (Å²) in [5.74, 6) is 0.318. The predicted molar refractivity (Wildman–Crippen MR) is 124 cm³/mol. The van der Waals surface area contributed by atoms with E-state index in [-0.39, 0.29) is 24.4 Å². The molecule has 5 rings (SSSR count). The van der Waals surface area contributed by atoms with E-state index in [2.05, 4.69) is 11.6 Å². The first-order valence-corrected chi connectivity index (χ1v) is 10.8. The summed E-state index contributed by atoms with van der Waals surface area (Å²) in [5.41, 5.74) is 3.25. The molecule has 33 heavy (non-hydrogen) atoms. The molecule has 0 aliphatic carbocycles. The SMILES string of the molecule is C=CC(=O)N1CCC(n2nc(-c3ccc(OCc4ccccc4F)cc3)c3cnccc32)C1. The van der Waals surface area contributed by atoms with Crippen LogP contribution < -0.4 is 4.74 Å². The molecule has 1 fully saturated rings. The molecule has 0 N–H and O–H groups in total. The summed E-state index contributed by atoms with van der Waals surface area (Å²) in [7, 11) is 0. The summed E-state index contributed by atoms with van der Waals surface area (Å²) in [6.07, 6.45) is 5.76. The minimum atomic E-state index is -0.279. The predicted octanol–water partition coefficient (Wildman–Crippen LogP) is 4.78. The van der Waals surface area contributed by atoms with Gasteiger partial charge in [0.05, 0.1) is 11.6 Å². The van der Waals surface area contributed by atoms with E-state index in [0.717, 1.165) is 28.6 Å². The number of amides is 1. The number of pyridine rings is 1. The van der Waals surface area contributed by atoms with Gasteiger partial charge in [-0.05, 0) is 48.9 Å². The van der Waals surface area contributed by atoms with Crippen molar-refractivity contribution in [2.24, 2.45) is 0 Å². The third kappa shape index (κ3) is 4.09. The second-order valence-corrected chi connectivity index (χ2v) is 8.02. The number of fused-ring (bicyclic) bond motifs is 1. The highest BCUT2D eigenvalue weighted by Gasteiger charge is 2.28. The van der Waals surface area contributed by atoms with Gasteiger partial charge in [0.25, 0.3) is 0 Å². The van der Waals surface area contributed by atoms with E-state index < -0.39 is 0 Å². The fourth-order valence-electron chi connectivity index (χ4n) is 4.23. The number of rotatable bonds is 6. The lowest BCUT2D eigenvalue weighted by Gasteiger charge is -2.15. The Kier molecular flexibility index (Phi) is 5.60. The van der Waals surface area contributed by atoms with Gasteiger partial charge in [-0.1, -0.05) is 24.8 Å². The number of hydrogen-bond donors (Lipinski definition) is 0. The van der Waals surface area contributed by atoms with Crippen LogP contribution in [0.5, 0.6) is 5.75 Å². The Morgan fingerprint density at radius 2 is 2.00 bits per heavy atom.